The molecule has 3 heterocycles. The van der Waals surface area contributed by atoms with Crippen LogP contribution in [0.15, 0.2) is 179 Å². The van der Waals surface area contributed by atoms with Crippen LogP contribution >= 0.6 is 0 Å². The van der Waals surface area contributed by atoms with E-state index >= 15 is 0 Å². The lowest BCUT2D eigenvalue weighted by atomic mass is 9.99. The van der Waals surface area contributed by atoms with Gasteiger partial charge in [-0.25, -0.2) is 4.99 Å². The summed E-state index contributed by atoms with van der Waals surface area (Å²) < 4.78 is 8.97. The average molecular weight is 645 g/mol. The van der Waals surface area contributed by atoms with Gasteiger partial charge in [-0.3, -0.25) is 5.32 Å². The molecule has 0 saturated carbocycles. The molecule has 0 spiro atoms. The Kier molecular flexibility index (Phi) is 6.64. The summed E-state index contributed by atoms with van der Waals surface area (Å²) in [6.45, 7) is 0. The quantitative estimate of drug-likeness (QED) is 0.196. The topological polar surface area (TPSA) is 54.5 Å². The maximum Gasteiger partial charge on any atom is 0.145 e. The highest BCUT2D eigenvalue weighted by Gasteiger charge is 2.26. The molecule has 2 aromatic heterocycles. The number of fused-ring (bicyclic) bond motifs is 7. The molecule has 0 radical (unpaired) electrons. The van der Waals surface area contributed by atoms with Crippen molar-refractivity contribution < 1.29 is 4.42 Å². The minimum atomic E-state index is -0.240. The second-order valence-electron chi connectivity index (χ2n) is 12.9. The second kappa shape index (κ2) is 11.6. The van der Waals surface area contributed by atoms with Crippen molar-refractivity contribution in [2.45, 2.75) is 12.3 Å². The van der Waals surface area contributed by atoms with Gasteiger partial charge in [0.15, 0.2) is 0 Å². The standard InChI is InChI=1S/C45H32N4O/c1-4-13-29(14-5-1)43-46-44(30-15-6-2-7-16-30)48-45(47-43)33-18-12-17-31(27-33)32-23-25-38-37(28-32)41-39(49(38)34-19-8-3-9-20-34)26-24-36-35-21-10-11-22-40(35)50-42(36)41/h1-28,43,45,47H,(H,46,48). The third kappa shape index (κ3) is 4.71. The van der Waals surface area contributed by atoms with Gasteiger partial charge in [-0.2, -0.15) is 0 Å². The van der Waals surface area contributed by atoms with E-state index in [0.29, 0.717) is 0 Å². The van der Waals surface area contributed by atoms with Crippen molar-refractivity contribution in [3.63, 3.8) is 0 Å². The van der Waals surface area contributed by atoms with Gasteiger partial charge in [0.1, 0.15) is 29.3 Å². The van der Waals surface area contributed by atoms with Gasteiger partial charge in [0.2, 0.25) is 0 Å². The number of nitrogens with zero attached hydrogens (tertiary/aromatic N) is 2. The minimum absolute atomic E-state index is 0.0933. The van der Waals surface area contributed by atoms with Gasteiger partial charge < -0.3 is 14.3 Å². The van der Waals surface area contributed by atoms with Crippen LogP contribution in [0.2, 0.25) is 0 Å². The Hall–Kier alpha value is -6.43. The summed E-state index contributed by atoms with van der Waals surface area (Å²) in [4.78, 5) is 5.19. The molecule has 2 atom stereocenters. The molecule has 0 amide bonds. The predicted molar refractivity (Wildman–Crippen MR) is 205 cm³/mol. The van der Waals surface area contributed by atoms with Crippen LogP contribution in [-0.4, -0.2) is 10.4 Å². The summed E-state index contributed by atoms with van der Waals surface area (Å²) in [5.41, 5.74) is 10.8. The normalized spacial score (nSPS) is 16.2. The number of nitrogens with one attached hydrogen (secondary N) is 2. The molecule has 10 rings (SSSR count). The Morgan fingerprint density at radius 3 is 2.04 bits per heavy atom. The third-order valence-corrected chi connectivity index (χ3v) is 9.87. The van der Waals surface area contributed by atoms with E-state index < -0.39 is 0 Å². The van der Waals surface area contributed by atoms with Gasteiger partial charge in [-0.1, -0.05) is 121 Å². The monoisotopic (exact) mass is 644 g/mol. The van der Waals surface area contributed by atoms with E-state index in [1.54, 1.807) is 0 Å². The molecule has 7 aromatic carbocycles. The lowest BCUT2D eigenvalue weighted by Gasteiger charge is -2.32. The van der Waals surface area contributed by atoms with Crippen LogP contribution in [0.25, 0.3) is 60.6 Å². The van der Waals surface area contributed by atoms with Crippen molar-refractivity contribution in [1.82, 2.24) is 15.2 Å². The van der Waals surface area contributed by atoms with Crippen LogP contribution in [0.3, 0.4) is 0 Å². The Bertz CT molecular complexity index is 2710. The number of hydrogen-bond acceptors (Lipinski definition) is 4. The number of aliphatic imine (C=N–C) groups is 1. The first kappa shape index (κ1) is 28.6. The zero-order valence-electron chi connectivity index (χ0n) is 27.1. The molecule has 2 unspecified atom stereocenters. The van der Waals surface area contributed by atoms with Gasteiger partial charge in [0.05, 0.1) is 16.4 Å². The van der Waals surface area contributed by atoms with Crippen molar-refractivity contribution in [2.24, 2.45) is 4.99 Å². The summed E-state index contributed by atoms with van der Waals surface area (Å²) in [7, 11) is 0. The predicted octanol–water partition coefficient (Wildman–Crippen LogP) is 10.7. The van der Waals surface area contributed by atoms with Crippen molar-refractivity contribution >= 4 is 49.6 Å². The molecule has 0 bridgehead atoms. The molecule has 0 saturated heterocycles. The Morgan fingerprint density at radius 2 is 1.20 bits per heavy atom. The molecule has 9 aromatic rings. The number of hydrogen-bond donors (Lipinski definition) is 2. The molecule has 5 heteroatoms. The molecule has 238 valence electrons. The molecule has 0 fully saturated rings. The van der Waals surface area contributed by atoms with Gasteiger partial charge in [-0.05, 0) is 70.8 Å². The van der Waals surface area contributed by atoms with E-state index in [1.807, 2.05) is 18.2 Å². The van der Waals surface area contributed by atoms with Crippen LogP contribution in [0.1, 0.15) is 29.0 Å². The molecular weight excluding hydrogens is 613 g/mol. The molecule has 50 heavy (non-hydrogen) atoms. The number of rotatable bonds is 5. The van der Waals surface area contributed by atoms with Crippen LogP contribution in [-0.2, 0) is 0 Å². The first-order valence-electron chi connectivity index (χ1n) is 17.0. The first-order chi connectivity index (χ1) is 24.8. The maximum atomic E-state index is 6.62. The third-order valence-electron chi connectivity index (χ3n) is 9.87. The maximum absolute atomic E-state index is 6.62. The zero-order valence-corrected chi connectivity index (χ0v) is 27.1. The van der Waals surface area contributed by atoms with E-state index in [-0.39, 0.29) is 12.3 Å². The van der Waals surface area contributed by atoms with Crippen LogP contribution in [0.4, 0.5) is 0 Å². The Labute approximate surface area is 289 Å². The summed E-state index contributed by atoms with van der Waals surface area (Å²) in [5.74, 6) is 0.874. The highest BCUT2D eigenvalue weighted by molar-refractivity contribution is 6.24. The van der Waals surface area contributed by atoms with Crippen LogP contribution in [0.5, 0.6) is 0 Å². The summed E-state index contributed by atoms with van der Waals surface area (Å²) in [6, 6.07) is 59.7. The van der Waals surface area contributed by atoms with Crippen molar-refractivity contribution in [3.8, 4) is 16.8 Å². The summed E-state index contributed by atoms with van der Waals surface area (Å²) >= 11 is 0. The number of benzene rings is 7. The fourth-order valence-corrected chi connectivity index (χ4v) is 7.50. The van der Waals surface area contributed by atoms with Crippen molar-refractivity contribution in [2.75, 3.05) is 0 Å². The zero-order chi connectivity index (χ0) is 33.0. The Balaban J connectivity index is 1.13. The smallest absolute Gasteiger partial charge is 0.145 e. The molecule has 1 aliphatic heterocycles. The van der Waals surface area contributed by atoms with Gasteiger partial charge in [-0.15, -0.1) is 0 Å². The van der Waals surface area contributed by atoms with E-state index in [4.69, 9.17) is 9.41 Å². The molecule has 2 N–H and O–H groups in total. The lowest BCUT2D eigenvalue weighted by molar-refractivity contribution is 0.409. The first-order valence-corrected chi connectivity index (χ1v) is 17.0. The number of furan rings is 1. The highest BCUT2D eigenvalue weighted by atomic mass is 16.3. The largest absolute Gasteiger partial charge is 0.455 e. The Morgan fingerprint density at radius 1 is 0.520 bits per heavy atom. The van der Waals surface area contributed by atoms with E-state index in [1.165, 1.54) is 0 Å². The van der Waals surface area contributed by atoms with Crippen molar-refractivity contribution in [1.29, 1.82) is 0 Å². The van der Waals surface area contributed by atoms with Crippen molar-refractivity contribution in [3.05, 3.63) is 187 Å². The molecule has 5 nitrogen and oxygen atoms in total. The average Bonchev–Trinajstić information content (AvgIpc) is 3.74. The van der Waals surface area contributed by atoms with E-state index in [0.717, 1.165) is 83.1 Å². The number of aromatic nitrogens is 1. The summed E-state index contributed by atoms with van der Waals surface area (Å²) in [5, 5.41) is 11.9. The van der Waals surface area contributed by atoms with Crippen LogP contribution < -0.4 is 10.6 Å². The van der Waals surface area contributed by atoms with Crippen LogP contribution in [0, 0.1) is 0 Å². The van der Waals surface area contributed by atoms with Gasteiger partial charge in [0.25, 0.3) is 0 Å². The number of para-hydroxylation sites is 2. The minimum Gasteiger partial charge on any atom is -0.455 e. The fraction of sp³-hybridized carbons (Fsp3) is 0.0444. The van der Waals surface area contributed by atoms with E-state index in [9.17, 15) is 0 Å². The molecule has 1 aliphatic rings. The van der Waals surface area contributed by atoms with Gasteiger partial charge >= 0.3 is 0 Å². The highest BCUT2D eigenvalue weighted by Crippen LogP contribution is 2.42. The molecule has 0 aliphatic carbocycles. The lowest BCUT2D eigenvalue weighted by Crippen LogP contribution is -2.44. The van der Waals surface area contributed by atoms with E-state index in [2.05, 4.69) is 167 Å². The second-order valence-corrected chi connectivity index (χ2v) is 12.9. The summed E-state index contributed by atoms with van der Waals surface area (Å²) in [6.07, 6.45) is -0.334. The number of amidine groups is 1. The fourth-order valence-electron chi connectivity index (χ4n) is 7.50. The SMILES string of the molecule is c1ccc(C2=NC(c3cccc(-c4ccc5c(c4)c4c6oc7ccccc7c6ccc4n5-c4ccccc4)c3)NC(c3ccccc3)N2)cc1. The van der Waals surface area contributed by atoms with Gasteiger partial charge in [0, 0.05) is 27.4 Å². The molecular formula is C45H32N4O.